The zero-order valence-corrected chi connectivity index (χ0v) is 44.1. The van der Waals surface area contributed by atoms with Crippen LogP contribution in [0.5, 0.6) is 0 Å². The first kappa shape index (κ1) is 45.1. The molecule has 0 aliphatic heterocycles. The van der Waals surface area contributed by atoms with Crippen molar-refractivity contribution in [1.82, 2.24) is 0 Å². The van der Waals surface area contributed by atoms with Crippen LogP contribution >= 0.6 is 17.0 Å². The fraction of sp³-hybridized carbons (Fsp3) is 0.310. The molecule has 8 rings (SSSR count). The fourth-order valence-corrected chi connectivity index (χ4v) is 43.7. The van der Waals surface area contributed by atoms with Gasteiger partial charge in [-0.15, -0.1) is 0 Å². The number of hydrogen-bond acceptors (Lipinski definition) is 0. The van der Waals surface area contributed by atoms with Gasteiger partial charge in [0.15, 0.2) is 0 Å². The molecule has 2 aliphatic rings. The molecule has 4 heteroatoms. The molecule has 2 unspecified atom stereocenters. The van der Waals surface area contributed by atoms with E-state index in [2.05, 4.69) is 216 Å². The van der Waals surface area contributed by atoms with Gasteiger partial charge >= 0.3 is 385 Å². The summed E-state index contributed by atoms with van der Waals surface area (Å²) in [6.07, 6.45) is 4.97. The monoisotopic (exact) mass is 949 g/mol. The van der Waals surface area contributed by atoms with Crippen molar-refractivity contribution in [3.63, 3.8) is 0 Å². The van der Waals surface area contributed by atoms with Gasteiger partial charge in [-0.1, -0.05) is 0 Å². The second-order valence-corrected chi connectivity index (χ2v) is 62.6. The maximum atomic E-state index is 8.92. The molecular weight excluding hydrogens is 887 g/mol. The SMILES string of the molecule is CC1=Cc2c(ccc(-c3ccccc3)c2-c2cc(C(C)C)cc(C(C)C)c2)[CH]1[Zr]([Cl])([Cl])([CH]1C(C)=Cc2c1ccc(-c1ccccc1)c2-c1cc(C(C)C)cc(C(C)C)c1)[SiH](C)C. The summed E-state index contributed by atoms with van der Waals surface area (Å²) in [5.41, 5.74) is 23.5. The number of hydrogen-bond donors (Lipinski definition) is 0. The van der Waals surface area contributed by atoms with E-state index in [1.165, 1.54) is 100 Å². The van der Waals surface area contributed by atoms with Gasteiger partial charge in [-0.25, -0.2) is 0 Å². The Hall–Kier alpha value is -3.52. The van der Waals surface area contributed by atoms with Gasteiger partial charge in [-0.3, -0.25) is 0 Å². The average Bonchev–Trinajstić information content (AvgIpc) is 3.79. The summed E-state index contributed by atoms with van der Waals surface area (Å²) in [5, 5.41) is 0. The Morgan fingerprint density at radius 3 is 1.05 bits per heavy atom. The van der Waals surface area contributed by atoms with Crippen molar-refractivity contribution >= 4 is 35.1 Å². The Morgan fingerprint density at radius 2 is 0.758 bits per heavy atom. The quantitative estimate of drug-likeness (QED) is 0.114. The zero-order valence-electron chi connectivity index (χ0n) is 39.0. The molecule has 0 radical (unpaired) electrons. The number of rotatable bonds is 11. The van der Waals surface area contributed by atoms with Gasteiger partial charge in [-0.2, -0.15) is 0 Å². The van der Waals surface area contributed by atoms with Crippen LogP contribution in [0.1, 0.15) is 145 Å². The number of fused-ring (bicyclic) bond motifs is 2. The van der Waals surface area contributed by atoms with E-state index < -0.39 is 21.5 Å². The van der Waals surface area contributed by atoms with E-state index >= 15 is 0 Å². The van der Waals surface area contributed by atoms with E-state index in [9.17, 15) is 0 Å². The van der Waals surface area contributed by atoms with Gasteiger partial charge in [-0.05, 0) is 0 Å². The Balaban J connectivity index is 1.39. The molecular formula is C58H65Cl2SiZr. The predicted octanol–water partition coefficient (Wildman–Crippen LogP) is 18.4. The van der Waals surface area contributed by atoms with Crippen molar-refractivity contribution in [2.45, 2.75) is 113 Å². The molecule has 62 heavy (non-hydrogen) atoms. The van der Waals surface area contributed by atoms with Crippen LogP contribution < -0.4 is 0 Å². The summed E-state index contributed by atoms with van der Waals surface area (Å²) >= 11 is -5.05. The molecule has 0 bridgehead atoms. The van der Waals surface area contributed by atoms with Crippen LogP contribution in [-0.2, 0) is 15.6 Å². The second kappa shape index (κ2) is 17.1. The van der Waals surface area contributed by atoms with Crippen molar-refractivity contribution in [3.8, 4) is 44.5 Å². The molecule has 6 aromatic rings. The fourth-order valence-electron chi connectivity index (χ4n) is 10.8. The van der Waals surface area contributed by atoms with E-state index in [1.807, 2.05) is 0 Å². The molecule has 0 fully saturated rings. The molecule has 2 atom stereocenters. The third-order valence-corrected chi connectivity index (χ3v) is 66.7. The molecule has 319 valence electrons. The second-order valence-electron chi connectivity index (χ2n) is 20.1. The molecule has 0 aromatic heterocycles. The molecule has 0 saturated heterocycles. The van der Waals surface area contributed by atoms with E-state index in [-0.39, 0.29) is 7.25 Å². The van der Waals surface area contributed by atoms with Crippen LogP contribution in [-0.4, -0.2) is 5.92 Å². The molecule has 0 spiro atoms. The van der Waals surface area contributed by atoms with Gasteiger partial charge in [0, 0.05) is 0 Å². The Morgan fingerprint density at radius 1 is 0.435 bits per heavy atom. The molecule has 0 amide bonds. The van der Waals surface area contributed by atoms with Crippen molar-refractivity contribution in [1.29, 1.82) is 0 Å². The van der Waals surface area contributed by atoms with Crippen molar-refractivity contribution in [3.05, 3.63) is 177 Å². The third-order valence-electron chi connectivity index (χ3n) is 14.4. The molecule has 6 aromatic carbocycles. The van der Waals surface area contributed by atoms with Crippen LogP contribution in [0.15, 0.2) is 132 Å². The number of benzene rings is 6. The molecule has 0 N–H and O–H groups in total. The summed E-state index contributed by atoms with van der Waals surface area (Å²) in [6.45, 7) is 28.1. The van der Waals surface area contributed by atoms with Crippen LogP contribution in [0, 0.1) is 0 Å². The topological polar surface area (TPSA) is 0 Å². The Labute approximate surface area is 382 Å². The van der Waals surface area contributed by atoms with Crippen molar-refractivity contribution in [2.24, 2.45) is 0 Å². The van der Waals surface area contributed by atoms with E-state index in [0.717, 1.165) is 0 Å². The minimum absolute atomic E-state index is 0.00349. The standard InChI is InChI=1S/2C28H29.C2H7Si.2ClH.Zr/c2*1-18(2)23-15-24(19(3)4)17-25(16-23)28-26(21-9-7-6-8-10-21)12-11-22-13-20(5)14-27(22)28;1-3-2;;;/h2*6-19H,1-5H3;3H,1-2H3;2*1H;/q;;;;;+2/p-2. The van der Waals surface area contributed by atoms with Gasteiger partial charge in [0.1, 0.15) is 0 Å². The van der Waals surface area contributed by atoms with Crippen LogP contribution in [0.2, 0.25) is 13.1 Å². The van der Waals surface area contributed by atoms with E-state index in [4.69, 9.17) is 17.0 Å². The van der Waals surface area contributed by atoms with E-state index in [1.54, 1.807) is 0 Å². The predicted molar refractivity (Wildman–Crippen MR) is 274 cm³/mol. The summed E-state index contributed by atoms with van der Waals surface area (Å²) < 4.78 is -0.00699. The van der Waals surface area contributed by atoms with Crippen molar-refractivity contribution in [2.75, 3.05) is 0 Å². The summed E-state index contributed by atoms with van der Waals surface area (Å²) in [7, 11) is 17.8. The van der Waals surface area contributed by atoms with Gasteiger partial charge in [0.2, 0.25) is 0 Å². The number of halogens is 2. The third kappa shape index (κ3) is 7.68. The first-order valence-corrected chi connectivity index (χ1v) is 39.4. The normalized spacial score (nSPS) is 16.9. The Bertz CT molecular complexity index is 2500. The summed E-state index contributed by atoms with van der Waals surface area (Å²) in [4.78, 5) is 0. The molecule has 0 heterocycles. The van der Waals surface area contributed by atoms with E-state index in [0.29, 0.717) is 23.7 Å². The van der Waals surface area contributed by atoms with Crippen molar-refractivity contribution < 1.29 is 15.6 Å². The van der Waals surface area contributed by atoms with Gasteiger partial charge < -0.3 is 0 Å². The molecule has 0 nitrogen and oxygen atoms in total. The zero-order chi connectivity index (χ0) is 44.4. The maximum absolute atomic E-state index is 8.92. The molecule has 0 saturated carbocycles. The summed E-state index contributed by atoms with van der Waals surface area (Å²) in [5.74, 6) is -0.124. The minimum atomic E-state index is -5.05. The van der Waals surface area contributed by atoms with Crippen LogP contribution in [0.4, 0.5) is 0 Å². The van der Waals surface area contributed by atoms with Crippen LogP contribution in [0.25, 0.3) is 56.7 Å². The number of allylic oxidation sites excluding steroid dienone is 2. The summed E-state index contributed by atoms with van der Waals surface area (Å²) in [6, 6.07) is 46.1. The molecule has 2 aliphatic carbocycles. The van der Waals surface area contributed by atoms with Gasteiger partial charge in [0.05, 0.1) is 0 Å². The van der Waals surface area contributed by atoms with Gasteiger partial charge in [0.25, 0.3) is 0 Å². The first-order chi connectivity index (χ1) is 29.4. The Kier molecular flexibility index (Phi) is 12.4. The average molecular weight is 952 g/mol. The first-order valence-electron chi connectivity index (χ1n) is 23.1. The van der Waals surface area contributed by atoms with Crippen LogP contribution in [0.3, 0.4) is 0 Å².